The molecule has 2 atom stereocenters. The lowest BCUT2D eigenvalue weighted by atomic mass is 10.0. The standard InChI is InChI=1S/C40H74N4O13/c41-33(40(52)53)17-15-16-23-43-39(51)34(20-21-37(47)48)44-36(46)19-14-12-10-8-6-4-2-1-3-5-7-9-11-13-18-35(45)42-24-26-55-28-30-57-32-31-56-29-27-54-25-22-38(49)50/h33-34H,1-32,41H2,(H,42,45)(H,43,51)(H,44,46)(H,47,48)(H,49,50)(H,52,53). The van der Waals surface area contributed by atoms with Crippen molar-refractivity contribution in [1.82, 2.24) is 16.0 Å². The first kappa shape index (κ1) is 53.6. The van der Waals surface area contributed by atoms with Crippen LogP contribution in [0.3, 0.4) is 0 Å². The van der Waals surface area contributed by atoms with Gasteiger partial charge >= 0.3 is 17.9 Å². The zero-order valence-electron chi connectivity index (χ0n) is 34.3. The van der Waals surface area contributed by atoms with Crippen molar-refractivity contribution in [3.8, 4) is 0 Å². The van der Waals surface area contributed by atoms with E-state index in [1.165, 1.54) is 44.9 Å². The molecule has 0 spiro atoms. The number of unbranched alkanes of at least 4 members (excludes halogenated alkanes) is 14. The van der Waals surface area contributed by atoms with E-state index in [4.69, 9.17) is 40.0 Å². The second-order valence-electron chi connectivity index (χ2n) is 14.2. The summed E-state index contributed by atoms with van der Waals surface area (Å²) in [5.41, 5.74) is 5.47. The van der Waals surface area contributed by atoms with Gasteiger partial charge in [-0.2, -0.15) is 0 Å². The van der Waals surface area contributed by atoms with Gasteiger partial charge in [0.25, 0.3) is 0 Å². The Bertz CT molecular complexity index is 1070. The average Bonchev–Trinajstić information content (AvgIpc) is 3.17. The lowest BCUT2D eigenvalue weighted by Crippen LogP contribution is -2.47. The maximum absolute atomic E-state index is 12.6. The van der Waals surface area contributed by atoms with Crippen LogP contribution in [0.5, 0.6) is 0 Å². The van der Waals surface area contributed by atoms with Crippen LogP contribution in [0.2, 0.25) is 0 Å². The van der Waals surface area contributed by atoms with Crippen LogP contribution < -0.4 is 21.7 Å². The molecule has 0 aliphatic rings. The molecule has 0 saturated carbocycles. The quantitative estimate of drug-likeness (QED) is 0.0430. The molecule has 0 aromatic rings. The smallest absolute Gasteiger partial charge is 0.320 e. The highest BCUT2D eigenvalue weighted by Crippen LogP contribution is 2.14. The molecular weight excluding hydrogens is 744 g/mol. The summed E-state index contributed by atoms with van der Waals surface area (Å²) in [7, 11) is 0. The summed E-state index contributed by atoms with van der Waals surface area (Å²) in [5, 5.41) is 34.6. The second-order valence-corrected chi connectivity index (χ2v) is 14.2. The zero-order chi connectivity index (χ0) is 42.2. The molecule has 0 aromatic heterocycles. The summed E-state index contributed by atoms with van der Waals surface area (Å²) in [5.74, 6) is -3.67. The molecule has 332 valence electrons. The van der Waals surface area contributed by atoms with Gasteiger partial charge in [0.2, 0.25) is 17.7 Å². The van der Waals surface area contributed by atoms with Crippen molar-refractivity contribution >= 4 is 35.6 Å². The van der Waals surface area contributed by atoms with Gasteiger partial charge in [-0.1, -0.05) is 77.0 Å². The molecule has 17 nitrogen and oxygen atoms in total. The molecule has 17 heteroatoms. The minimum Gasteiger partial charge on any atom is -0.481 e. The first-order chi connectivity index (χ1) is 27.5. The topological polar surface area (TPSA) is 262 Å². The van der Waals surface area contributed by atoms with Gasteiger partial charge in [-0.05, 0) is 38.5 Å². The van der Waals surface area contributed by atoms with E-state index in [2.05, 4.69) is 16.0 Å². The van der Waals surface area contributed by atoms with E-state index in [0.29, 0.717) is 78.5 Å². The maximum atomic E-state index is 12.6. The second kappa shape index (κ2) is 39.4. The number of carboxylic acid groups (broad SMARTS) is 3. The highest BCUT2D eigenvalue weighted by atomic mass is 16.6. The first-order valence-corrected chi connectivity index (χ1v) is 21.1. The van der Waals surface area contributed by atoms with Crippen LogP contribution in [0.4, 0.5) is 0 Å². The van der Waals surface area contributed by atoms with Crippen molar-refractivity contribution in [1.29, 1.82) is 0 Å². The predicted molar refractivity (Wildman–Crippen MR) is 214 cm³/mol. The summed E-state index contributed by atoms with van der Waals surface area (Å²) >= 11 is 0. The molecule has 0 aliphatic heterocycles. The van der Waals surface area contributed by atoms with Crippen LogP contribution in [0.15, 0.2) is 0 Å². The Kier molecular flexibility index (Phi) is 37.1. The molecule has 3 amide bonds. The van der Waals surface area contributed by atoms with E-state index < -0.39 is 35.9 Å². The Morgan fingerprint density at radius 1 is 0.439 bits per heavy atom. The van der Waals surface area contributed by atoms with Crippen molar-refractivity contribution in [3.63, 3.8) is 0 Å². The number of carbonyl (C=O) groups is 6. The summed E-state index contributed by atoms with van der Waals surface area (Å²) in [6, 6.07) is -1.87. The highest BCUT2D eigenvalue weighted by Gasteiger charge is 2.21. The van der Waals surface area contributed by atoms with Crippen molar-refractivity contribution in [3.05, 3.63) is 0 Å². The number of rotatable bonds is 43. The molecule has 0 aromatic carbocycles. The normalized spacial score (nSPS) is 12.2. The van der Waals surface area contributed by atoms with Crippen LogP contribution in [0.1, 0.15) is 141 Å². The number of aliphatic carboxylic acids is 3. The Balaban J connectivity index is 3.59. The van der Waals surface area contributed by atoms with Gasteiger partial charge in [-0.25, -0.2) is 0 Å². The zero-order valence-corrected chi connectivity index (χ0v) is 34.3. The van der Waals surface area contributed by atoms with Crippen LogP contribution in [-0.4, -0.2) is 129 Å². The monoisotopic (exact) mass is 819 g/mol. The van der Waals surface area contributed by atoms with E-state index in [0.717, 1.165) is 38.5 Å². The third-order valence-corrected chi connectivity index (χ3v) is 9.06. The third-order valence-electron chi connectivity index (χ3n) is 9.06. The summed E-state index contributed by atoms with van der Waals surface area (Å²) in [6.07, 6.45) is 17.2. The molecule has 0 heterocycles. The predicted octanol–water partition coefficient (Wildman–Crippen LogP) is 3.93. The number of amides is 3. The molecule has 0 saturated heterocycles. The molecule has 57 heavy (non-hydrogen) atoms. The van der Waals surface area contributed by atoms with Gasteiger partial charge in [0.15, 0.2) is 0 Å². The molecule has 8 N–H and O–H groups in total. The van der Waals surface area contributed by atoms with Gasteiger partial charge in [0.05, 0.1) is 59.3 Å². The molecule has 2 unspecified atom stereocenters. The molecule has 0 fully saturated rings. The van der Waals surface area contributed by atoms with E-state index >= 15 is 0 Å². The Morgan fingerprint density at radius 3 is 1.35 bits per heavy atom. The van der Waals surface area contributed by atoms with E-state index in [-0.39, 0.29) is 57.1 Å². The molecular formula is C40H74N4O13. The van der Waals surface area contributed by atoms with Gasteiger partial charge < -0.3 is 56.0 Å². The lowest BCUT2D eigenvalue weighted by Gasteiger charge is -2.18. The van der Waals surface area contributed by atoms with E-state index in [1.807, 2.05) is 0 Å². The maximum Gasteiger partial charge on any atom is 0.320 e. The van der Waals surface area contributed by atoms with Crippen LogP contribution in [0.25, 0.3) is 0 Å². The molecule has 0 bridgehead atoms. The summed E-state index contributed by atoms with van der Waals surface area (Å²) in [4.78, 5) is 69.2. The minimum atomic E-state index is -1.07. The van der Waals surface area contributed by atoms with Crippen LogP contribution in [-0.2, 0) is 47.7 Å². The number of nitrogens with one attached hydrogen (secondary N) is 3. The fourth-order valence-corrected chi connectivity index (χ4v) is 5.72. The number of carbonyl (C=O) groups excluding carboxylic acids is 3. The number of hydrogen-bond donors (Lipinski definition) is 7. The third kappa shape index (κ3) is 39.2. The van der Waals surface area contributed by atoms with Crippen molar-refractivity contribution in [2.75, 3.05) is 65.9 Å². The molecule has 0 aliphatic carbocycles. The van der Waals surface area contributed by atoms with Gasteiger partial charge in [0, 0.05) is 32.4 Å². The number of nitrogens with two attached hydrogens (primary N) is 1. The number of ether oxygens (including phenoxy) is 4. The van der Waals surface area contributed by atoms with E-state index in [9.17, 15) is 28.8 Å². The van der Waals surface area contributed by atoms with Crippen molar-refractivity contribution < 1.29 is 63.0 Å². The van der Waals surface area contributed by atoms with Gasteiger partial charge in [-0.15, -0.1) is 0 Å². The van der Waals surface area contributed by atoms with E-state index in [1.54, 1.807) is 0 Å². The fraction of sp³-hybridized carbons (Fsp3) is 0.850. The van der Waals surface area contributed by atoms with Crippen LogP contribution in [0, 0.1) is 0 Å². The lowest BCUT2D eigenvalue weighted by molar-refractivity contribution is -0.139. The van der Waals surface area contributed by atoms with Crippen molar-refractivity contribution in [2.24, 2.45) is 5.73 Å². The van der Waals surface area contributed by atoms with Gasteiger partial charge in [0.1, 0.15) is 12.1 Å². The Morgan fingerprint density at radius 2 is 0.877 bits per heavy atom. The highest BCUT2D eigenvalue weighted by molar-refractivity contribution is 5.88. The first-order valence-electron chi connectivity index (χ1n) is 21.1. The van der Waals surface area contributed by atoms with Crippen molar-refractivity contribution in [2.45, 2.75) is 153 Å². The number of carboxylic acids is 3. The summed E-state index contributed by atoms with van der Waals surface area (Å²) < 4.78 is 21.3. The largest absolute Gasteiger partial charge is 0.481 e. The van der Waals surface area contributed by atoms with Gasteiger partial charge in [-0.3, -0.25) is 28.8 Å². The Labute approximate surface area is 339 Å². The molecule has 0 rings (SSSR count). The van der Waals surface area contributed by atoms with Crippen LogP contribution >= 0.6 is 0 Å². The average molecular weight is 819 g/mol. The Hall–Kier alpha value is -3.38. The fourth-order valence-electron chi connectivity index (χ4n) is 5.72. The molecule has 0 radical (unpaired) electrons. The summed E-state index contributed by atoms with van der Waals surface area (Å²) in [6.45, 7) is 3.84. The SMILES string of the molecule is NC(CCCCNC(=O)C(CCC(=O)O)NC(=O)CCCCCCCCCCCCCCCCC(=O)NCCOCCOCCOCCOCCC(=O)O)C(=O)O. The minimum absolute atomic E-state index is 0.00582. The number of hydrogen-bond acceptors (Lipinski definition) is 11.